The van der Waals surface area contributed by atoms with Crippen LogP contribution in [0.1, 0.15) is 38.3 Å². The van der Waals surface area contributed by atoms with Crippen LogP contribution in [-0.4, -0.2) is 39.1 Å². The molecule has 0 spiro atoms. The zero-order valence-electron chi connectivity index (χ0n) is 14.9. The number of rotatable bonds is 3. The summed E-state index contributed by atoms with van der Waals surface area (Å²) in [5.41, 5.74) is 4.96. The second-order valence-corrected chi connectivity index (χ2v) is 7.06. The Morgan fingerprint density at radius 1 is 1.31 bits per heavy atom. The molecule has 2 aliphatic rings. The molecule has 0 bridgehead atoms. The number of aromatic nitrogens is 2. The van der Waals surface area contributed by atoms with Gasteiger partial charge in [-0.3, -0.25) is 0 Å². The maximum atomic E-state index is 11.0. The fourth-order valence-corrected chi connectivity index (χ4v) is 3.58. The number of likely N-dealkylation sites (tertiary alicyclic amines) is 1. The molecule has 0 unspecified atom stereocenters. The van der Waals surface area contributed by atoms with Crippen molar-refractivity contribution in [1.82, 2.24) is 20.4 Å². The number of para-hydroxylation sites is 1. The second-order valence-electron chi connectivity index (χ2n) is 7.06. The topological polar surface area (TPSA) is 82.9 Å². The molecule has 0 atom stereocenters. The number of amides is 1. The number of nitrogens with one attached hydrogen (secondary N) is 1. The van der Waals surface area contributed by atoms with Gasteiger partial charge in [-0.05, 0) is 30.4 Å². The van der Waals surface area contributed by atoms with Gasteiger partial charge >= 0.3 is 6.09 Å². The summed E-state index contributed by atoms with van der Waals surface area (Å²) in [4.78, 5) is 20.0. The van der Waals surface area contributed by atoms with Gasteiger partial charge < -0.3 is 14.8 Å². The average Bonchev–Trinajstić information content (AvgIpc) is 3.26. The lowest BCUT2D eigenvalue weighted by atomic mass is 9.95. The van der Waals surface area contributed by atoms with Crippen LogP contribution in [0.4, 0.5) is 4.79 Å². The molecule has 1 saturated heterocycles. The van der Waals surface area contributed by atoms with Crippen molar-refractivity contribution in [3.63, 3.8) is 0 Å². The minimum absolute atomic E-state index is 0.203. The third-order valence-corrected chi connectivity index (χ3v) is 5.02. The number of hydrazine groups is 1. The fraction of sp³-hybridized carbons (Fsp3) is 0.444. The molecule has 4 rings (SSSR count). The molecule has 1 amide bonds. The maximum Gasteiger partial charge on any atom is 0.407 e. The first-order valence-corrected chi connectivity index (χ1v) is 8.94. The van der Waals surface area contributed by atoms with Crippen molar-refractivity contribution < 1.29 is 14.7 Å². The van der Waals surface area contributed by atoms with Gasteiger partial charge in [-0.2, -0.15) is 15.0 Å². The van der Waals surface area contributed by atoms with E-state index in [1.807, 2.05) is 29.2 Å². The molecule has 0 saturated carbocycles. The number of allylic oxidation sites excluding steroid dienone is 1. The zero-order valence-corrected chi connectivity index (χ0v) is 14.9. The maximum absolute atomic E-state index is 11.0. The molecule has 8 heteroatoms. The van der Waals surface area contributed by atoms with E-state index in [0.29, 0.717) is 19.0 Å². The smallest absolute Gasteiger partial charge is 0.407 e. The third-order valence-electron chi connectivity index (χ3n) is 5.02. The van der Waals surface area contributed by atoms with Crippen molar-refractivity contribution in [2.75, 3.05) is 18.2 Å². The molecule has 1 aromatic heterocycles. The Labute approximate surface area is 151 Å². The van der Waals surface area contributed by atoms with Gasteiger partial charge in [-0.1, -0.05) is 32.0 Å². The normalized spacial score (nSPS) is 18.5. The molecule has 2 aromatic rings. The number of fused-ring (bicyclic) bond motifs is 1. The predicted octanol–water partition coefficient (Wildman–Crippen LogP) is 2.78. The number of nitrogens with zero attached hydrogens (tertiary/aromatic N) is 4. The summed E-state index contributed by atoms with van der Waals surface area (Å²) in [5.74, 6) is 1.34. The van der Waals surface area contributed by atoms with E-state index >= 15 is 0 Å². The molecule has 26 heavy (non-hydrogen) atoms. The molecular weight excluding hydrogens is 334 g/mol. The largest absolute Gasteiger partial charge is 0.465 e. The van der Waals surface area contributed by atoms with Gasteiger partial charge in [0.15, 0.2) is 0 Å². The lowest BCUT2D eigenvalue weighted by Gasteiger charge is -2.29. The van der Waals surface area contributed by atoms with E-state index in [1.54, 1.807) is 5.12 Å². The van der Waals surface area contributed by atoms with Crippen LogP contribution < -0.4 is 10.7 Å². The molecular formula is C18H23N5O3. The third kappa shape index (κ3) is 2.86. The van der Waals surface area contributed by atoms with Crippen LogP contribution in [-0.2, 0) is 4.84 Å². The predicted molar refractivity (Wildman–Crippen MR) is 96.7 cm³/mol. The monoisotopic (exact) mass is 357 g/mol. The van der Waals surface area contributed by atoms with Crippen molar-refractivity contribution in [3.8, 4) is 0 Å². The van der Waals surface area contributed by atoms with Gasteiger partial charge in [-0.15, -0.1) is 0 Å². The van der Waals surface area contributed by atoms with E-state index in [-0.39, 0.29) is 5.92 Å². The number of carbonyl (C=O) groups is 1. The van der Waals surface area contributed by atoms with Crippen molar-refractivity contribution >= 4 is 17.0 Å². The highest BCUT2D eigenvalue weighted by Gasteiger charge is 2.30. The summed E-state index contributed by atoms with van der Waals surface area (Å²) >= 11 is 0. The Bertz CT molecular complexity index is 852. The molecule has 2 N–H and O–H groups in total. The number of carboxylic acid groups (broad SMARTS) is 1. The van der Waals surface area contributed by atoms with E-state index in [4.69, 9.17) is 15.0 Å². The highest BCUT2D eigenvalue weighted by Crippen LogP contribution is 2.29. The van der Waals surface area contributed by atoms with Crippen LogP contribution in [0.2, 0.25) is 0 Å². The summed E-state index contributed by atoms with van der Waals surface area (Å²) in [7, 11) is 0. The molecule has 2 aliphatic heterocycles. The first kappa shape index (κ1) is 16.7. The van der Waals surface area contributed by atoms with Crippen LogP contribution in [0.3, 0.4) is 0 Å². The van der Waals surface area contributed by atoms with Gasteiger partial charge in [0.2, 0.25) is 0 Å². The van der Waals surface area contributed by atoms with E-state index in [2.05, 4.69) is 25.5 Å². The molecule has 1 fully saturated rings. The van der Waals surface area contributed by atoms with Crippen LogP contribution in [0.15, 0.2) is 36.2 Å². The molecule has 138 valence electrons. The van der Waals surface area contributed by atoms with Crippen LogP contribution in [0.5, 0.6) is 0 Å². The summed E-state index contributed by atoms with van der Waals surface area (Å²) < 4.78 is 0. The summed E-state index contributed by atoms with van der Waals surface area (Å²) in [5, 5.41) is 16.7. The van der Waals surface area contributed by atoms with E-state index in [1.165, 1.54) is 4.90 Å². The molecule has 0 radical (unpaired) electrons. The van der Waals surface area contributed by atoms with E-state index in [0.717, 1.165) is 35.2 Å². The molecule has 0 aliphatic carbocycles. The van der Waals surface area contributed by atoms with Crippen molar-refractivity contribution in [2.24, 2.45) is 5.92 Å². The minimum Gasteiger partial charge on any atom is -0.465 e. The van der Waals surface area contributed by atoms with Gasteiger partial charge in [0.05, 0.1) is 17.4 Å². The van der Waals surface area contributed by atoms with Gasteiger partial charge in [0, 0.05) is 24.4 Å². The molecule has 8 nitrogen and oxygen atoms in total. The molecule has 3 heterocycles. The standard InChI is InChI=1S/C18H23N5O3/c1-12(2)17-14-5-3-4-6-15(14)23(19-17)22-11-16(26-20-22)13-7-9-21(10-8-13)18(24)25/h3-6,11-13,20H,7-10H2,1-2H3,(H,24,25). The SMILES string of the molecule is CC(C)c1nn(N2C=C(C3CCN(C(=O)O)CC3)ON2)c2ccccc12. The zero-order chi connectivity index (χ0) is 18.3. The summed E-state index contributed by atoms with van der Waals surface area (Å²) in [6.45, 7) is 5.32. The highest BCUT2D eigenvalue weighted by atomic mass is 16.7. The first-order valence-electron chi connectivity index (χ1n) is 8.94. The average molecular weight is 357 g/mol. The fourth-order valence-electron chi connectivity index (χ4n) is 3.58. The van der Waals surface area contributed by atoms with Crippen LogP contribution in [0, 0.1) is 5.92 Å². The number of hydrogen-bond donors (Lipinski definition) is 2. The van der Waals surface area contributed by atoms with Crippen LogP contribution >= 0.6 is 0 Å². The van der Waals surface area contributed by atoms with Crippen molar-refractivity contribution in [1.29, 1.82) is 0 Å². The number of hydrogen-bond acceptors (Lipinski definition) is 5. The Balaban J connectivity index is 1.57. The summed E-state index contributed by atoms with van der Waals surface area (Å²) in [6.07, 6.45) is 2.56. The minimum atomic E-state index is -0.853. The van der Waals surface area contributed by atoms with Gasteiger partial charge in [0.25, 0.3) is 0 Å². The van der Waals surface area contributed by atoms with Crippen molar-refractivity contribution in [3.05, 3.63) is 41.9 Å². The van der Waals surface area contributed by atoms with Crippen molar-refractivity contribution in [2.45, 2.75) is 32.6 Å². The van der Waals surface area contributed by atoms with Crippen LogP contribution in [0.25, 0.3) is 10.9 Å². The Morgan fingerprint density at radius 2 is 2.04 bits per heavy atom. The number of benzene rings is 1. The van der Waals surface area contributed by atoms with Gasteiger partial charge in [-0.25, -0.2) is 4.79 Å². The first-order chi connectivity index (χ1) is 12.5. The van der Waals surface area contributed by atoms with Gasteiger partial charge in [0.1, 0.15) is 5.76 Å². The number of piperidine rings is 1. The lowest BCUT2D eigenvalue weighted by molar-refractivity contribution is 0.0722. The van der Waals surface area contributed by atoms with E-state index < -0.39 is 6.09 Å². The Hall–Kier alpha value is -2.74. The lowest BCUT2D eigenvalue weighted by Crippen LogP contribution is -2.38. The summed E-state index contributed by atoms with van der Waals surface area (Å²) in [6, 6.07) is 8.13. The highest BCUT2D eigenvalue weighted by molar-refractivity contribution is 5.82. The van der Waals surface area contributed by atoms with E-state index in [9.17, 15) is 4.79 Å². The second kappa shape index (κ2) is 6.53. The molecule has 1 aromatic carbocycles. The Kier molecular flexibility index (Phi) is 4.20. The quantitative estimate of drug-likeness (QED) is 0.879. The Morgan fingerprint density at radius 3 is 2.73 bits per heavy atom.